The van der Waals surface area contributed by atoms with Gasteiger partial charge in [0.2, 0.25) is 0 Å². The molecule has 0 unspecified atom stereocenters. The summed E-state index contributed by atoms with van der Waals surface area (Å²) in [6.07, 6.45) is 5.61. The highest BCUT2D eigenvalue weighted by atomic mass is 32.1. The van der Waals surface area contributed by atoms with Crippen LogP contribution in [0.5, 0.6) is 0 Å². The lowest BCUT2D eigenvalue weighted by atomic mass is 9.86. The van der Waals surface area contributed by atoms with E-state index in [2.05, 4.69) is 15.0 Å². The highest BCUT2D eigenvalue weighted by molar-refractivity contribution is 7.15. The summed E-state index contributed by atoms with van der Waals surface area (Å²) < 4.78 is 0. The maximum absolute atomic E-state index is 11.0. The monoisotopic (exact) mass is 299 g/mol. The van der Waals surface area contributed by atoms with E-state index >= 15 is 0 Å². The van der Waals surface area contributed by atoms with Gasteiger partial charge in [-0.1, -0.05) is 6.42 Å². The van der Waals surface area contributed by atoms with Crippen LogP contribution in [-0.4, -0.2) is 26.0 Å². The number of carbonyl (C=O) groups is 1. The molecule has 1 aliphatic carbocycles. The summed E-state index contributed by atoms with van der Waals surface area (Å²) in [5.41, 5.74) is 1.77. The molecule has 0 amide bonds. The average Bonchev–Trinajstić information content (AvgIpc) is 3.01. The van der Waals surface area contributed by atoms with E-state index in [0.717, 1.165) is 21.7 Å². The van der Waals surface area contributed by atoms with Crippen LogP contribution in [-0.2, 0) is 0 Å². The molecule has 0 spiro atoms. The van der Waals surface area contributed by atoms with Crippen molar-refractivity contribution in [3.63, 3.8) is 0 Å². The quantitative estimate of drug-likeness (QED) is 0.773. The number of nitrogens with one attached hydrogen (secondary N) is 1. The third-order valence-electron chi connectivity index (χ3n) is 3.94. The molecule has 1 fully saturated rings. The molecule has 1 aliphatic rings. The van der Waals surface area contributed by atoms with Crippen molar-refractivity contribution in [2.45, 2.75) is 25.2 Å². The lowest BCUT2D eigenvalue weighted by Crippen LogP contribution is -2.07. The number of imidazole rings is 1. The Balaban J connectivity index is 1.72. The van der Waals surface area contributed by atoms with Gasteiger partial charge < -0.3 is 10.1 Å². The minimum Gasteiger partial charge on any atom is -0.478 e. The van der Waals surface area contributed by atoms with Gasteiger partial charge in [-0.15, -0.1) is 11.3 Å². The second-order valence-corrected chi connectivity index (χ2v) is 6.38. The maximum atomic E-state index is 11.0. The number of carboxylic acids is 1. The molecule has 106 valence electrons. The molecule has 0 bridgehead atoms. The second kappa shape index (κ2) is 4.66. The number of nitrogens with zero attached hydrogens (tertiary/aromatic N) is 2. The smallest absolute Gasteiger partial charge is 0.335 e. The van der Waals surface area contributed by atoms with E-state index in [4.69, 9.17) is 5.11 Å². The Labute approximate surface area is 124 Å². The molecule has 2 N–H and O–H groups in total. The zero-order valence-corrected chi connectivity index (χ0v) is 12.0. The third kappa shape index (κ3) is 2.12. The SMILES string of the molecule is O=C(O)c1ccc2nc(-c3cnc(C4CCC4)s3)[nH]c2c1. The number of aromatic amines is 1. The highest BCUT2D eigenvalue weighted by Gasteiger charge is 2.23. The van der Waals surface area contributed by atoms with E-state index in [9.17, 15) is 4.79 Å². The molecular weight excluding hydrogens is 286 g/mol. The molecule has 1 saturated carbocycles. The zero-order chi connectivity index (χ0) is 14.4. The Morgan fingerprint density at radius 2 is 2.24 bits per heavy atom. The lowest BCUT2D eigenvalue weighted by molar-refractivity contribution is 0.0697. The molecule has 2 heterocycles. The van der Waals surface area contributed by atoms with Crippen LogP contribution < -0.4 is 0 Å². The van der Waals surface area contributed by atoms with Crippen LogP contribution in [0.1, 0.15) is 40.5 Å². The summed E-state index contributed by atoms with van der Waals surface area (Å²) in [4.78, 5) is 24.2. The third-order valence-corrected chi connectivity index (χ3v) is 5.11. The van der Waals surface area contributed by atoms with Crippen molar-refractivity contribution in [2.75, 3.05) is 0 Å². The van der Waals surface area contributed by atoms with Crippen molar-refractivity contribution in [3.05, 3.63) is 35.0 Å². The first-order valence-corrected chi connectivity index (χ1v) is 7.71. The van der Waals surface area contributed by atoms with Crippen molar-refractivity contribution in [1.29, 1.82) is 0 Å². The van der Waals surface area contributed by atoms with Crippen LogP contribution in [0.25, 0.3) is 21.7 Å². The van der Waals surface area contributed by atoms with Gasteiger partial charge in [0.1, 0.15) is 5.82 Å². The molecule has 3 aromatic rings. The number of hydrogen-bond acceptors (Lipinski definition) is 4. The number of H-pyrrole nitrogens is 1. The Hall–Kier alpha value is -2.21. The van der Waals surface area contributed by atoms with Crippen LogP contribution in [0.15, 0.2) is 24.4 Å². The first-order valence-electron chi connectivity index (χ1n) is 6.90. The Kier molecular flexibility index (Phi) is 2.78. The molecule has 0 atom stereocenters. The summed E-state index contributed by atoms with van der Waals surface area (Å²) in [6.45, 7) is 0. The summed E-state index contributed by atoms with van der Waals surface area (Å²) in [7, 11) is 0. The van der Waals surface area contributed by atoms with Gasteiger partial charge in [-0.25, -0.2) is 14.8 Å². The zero-order valence-electron chi connectivity index (χ0n) is 11.2. The topological polar surface area (TPSA) is 78.9 Å². The minimum absolute atomic E-state index is 0.261. The average molecular weight is 299 g/mol. The Bertz CT molecular complexity index is 832. The van der Waals surface area contributed by atoms with Crippen molar-refractivity contribution in [2.24, 2.45) is 0 Å². The van der Waals surface area contributed by atoms with Gasteiger partial charge in [0.25, 0.3) is 0 Å². The van der Waals surface area contributed by atoms with Crippen molar-refractivity contribution < 1.29 is 9.90 Å². The summed E-state index contributed by atoms with van der Waals surface area (Å²) in [5.74, 6) is 0.445. The van der Waals surface area contributed by atoms with Gasteiger partial charge in [0.05, 0.1) is 26.5 Å². The fourth-order valence-corrected chi connectivity index (χ4v) is 3.53. The molecule has 6 heteroatoms. The lowest BCUT2D eigenvalue weighted by Gasteiger charge is -2.22. The Morgan fingerprint density at radius 3 is 2.95 bits per heavy atom. The number of rotatable bonds is 3. The Morgan fingerprint density at radius 1 is 1.38 bits per heavy atom. The minimum atomic E-state index is -0.932. The molecule has 2 aromatic heterocycles. The van der Waals surface area contributed by atoms with Gasteiger partial charge in [-0.2, -0.15) is 0 Å². The van der Waals surface area contributed by atoms with E-state index in [1.807, 2.05) is 6.20 Å². The molecule has 0 aliphatic heterocycles. The number of benzene rings is 1. The molecular formula is C15H13N3O2S. The predicted octanol–water partition coefficient (Wildman–Crippen LogP) is 3.65. The molecule has 0 radical (unpaired) electrons. The molecule has 21 heavy (non-hydrogen) atoms. The number of carboxylic acid groups (broad SMARTS) is 1. The number of aromatic nitrogens is 3. The van der Waals surface area contributed by atoms with Crippen LogP contribution in [0.2, 0.25) is 0 Å². The molecule has 5 nitrogen and oxygen atoms in total. The number of fused-ring (bicyclic) bond motifs is 1. The summed E-state index contributed by atoms with van der Waals surface area (Å²) in [5, 5.41) is 10.2. The second-order valence-electron chi connectivity index (χ2n) is 5.31. The maximum Gasteiger partial charge on any atom is 0.335 e. The highest BCUT2D eigenvalue weighted by Crippen LogP contribution is 2.40. The fourth-order valence-electron chi connectivity index (χ4n) is 2.50. The van der Waals surface area contributed by atoms with Crippen molar-refractivity contribution >= 4 is 28.3 Å². The number of hydrogen-bond donors (Lipinski definition) is 2. The van der Waals surface area contributed by atoms with E-state index < -0.39 is 5.97 Å². The van der Waals surface area contributed by atoms with Crippen LogP contribution in [0, 0.1) is 0 Å². The number of thiazole rings is 1. The van der Waals surface area contributed by atoms with Crippen molar-refractivity contribution in [3.8, 4) is 10.7 Å². The molecule has 4 rings (SSSR count). The van der Waals surface area contributed by atoms with Gasteiger partial charge in [0.15, 0.2) is 0 Å². The van der Waals surface area contributed by atoms with Crippen LogP contribution >= 0.6 is 11.3 Å². The largest absolute Gasteiger partial charge is 0.478 e. The van der Waals surface area contributed by atoms with Crippen LogP contribution in [0.4, 0.5) is 0 Å². The van der Waals surface area contributed by atoms with Crippen LogP contribution in [0.3, 0.4) is 0 Å². The molecule has 0 saturated heterocycles. The first kappa shape index (κ1) is 12.5. The van der Waals surface area contributed by atoms with E-state index in [0.29, 0.717) is 5.92 Å². The fraction of sp³-hybridized carbons (Fsp3) is 0.267. The van der Waals surface area contributed by atoms with Crippen molar-refractivity contribution in [1.82, 2.24) is 15.0 Å². The normalized spacial score (nSPS) is 15.2. The summed E-state index contributed by atoms with van der Waals surface area (Å²) in [6, 6.07) is 4.91. The van der Waals surface area contributed by atoms with Gasteiger partial charge in [-0.3, -0.25) is 0 Å². The molecule has 1 aromatic carbocycles. The number of aromatic carboxylic acids is 1. The summed E-state index contributed by atoms with van der Waals surface area (Å²) >= 11 is 1.67. The van der Waals surface area contributed by atoms with Gasteiger partial charge in [0, 0.05) is 12.1 Å². The van der Waals surface area contributed by atoms with E-state index in [1.54, 1.807) is 29.5 Å². The van der Waals surface area contributed by atoms with E-state index in [1.165, 1.54) is 24.3 Å². The first-order chi connectivity index (χ1) is 10.2. The van der Waals surface area contributed by atoms with Gasteiger partial charge >= 0.3 is 5.97 Å². The van der Waals surface area contributed by atoms with E-state index in [-0.39, 0.29) is 5.56 Å². The standard InChI is InChI=1S/C15H13N3O2S/c19-15(20)9-4-5-10-11(6-9)18-13(17-10)12-7-16-14(21-12)8-2-1-3-8/h4-8H,1-3H2,(H,17,18)(H,19,20). The van der Waals surface area contributed by atoms with Gasteiger partial charge in [-0.05, 0) is 31.0 Å². The predicted molar refractivity (Wildman–Crippen MR) is 80.8 cm³/mol.